The van der Waals surface area contributed by atoms with Gasteiger partial charge in [0.05, 0.1) is 17.0 Å². The molecule has 1 aliphatic rings. The summed E-state index contributed by atoms with van der Waals surface area (Å²) in [5.74, 6) is -0.0295. The number of carbonyl (C=O) groups is 2. The molecule has 0 bridgehead atoms. The van der Waals surface area contributed by atoms with Gasteiger partial charge in [-0.25, -0.2) is 0 Å². The number of hydrazone groups is 1. The van der Waals surface area contributed by atoms with Gasteiger partial charge in [-0.15, -0.1) is 0 Å². The van der Waals surface area contributed by atoms with Gasteiger partial charge in [-0.2, -0.15) is 5.10 Å². The predicted octanol–water partition coefficient (Wildman–Crippen LogP) is 4.58. The van der Waals surface area contributed by atoms with Crippen LogP contribution in [0.2, 0.25) is 0 Å². The van der Waals surface area contributed by atoms with E-state index in [1.54, 1.807) is 18.2 Å². The maximum atomic E-state index is 12.7. The van der Waals surface area contributed by atoms with Gasteiger partial charge in [-0.05, 0) is 60.0 Å². The number of fused-ring (bicyclic) bond motifs is 1. The van der Waals surface area contributed by atoms with Gasteiger partial charge in [-0.1, -0.05) is 30.3 Å². The number of para-hydroxylation sites is 1. The number of carbonyl (C=O) groups excluding carboxylic acids is 2. The summed E-state index contributed by atoms with van der Waals surface area (Å²) in [5.41, 5.74) is 11.7. The fourth-order valence-corrected chi connectivity index (χ4v) is 3.99. The van der Waals surface area contributed by atoms with E-state index in [4.69, 9.17) is 4.42 Å². The van der Waals surface area contributed by atoms with Crippen molar-refractivity contribution in [3.63, 3.8) is 0 Å². The predicted molar refractivity (Wildman–Crippen MR) is 122 cm³/mol. The summed E-state index contributed by atoms with van der Waals surface area (Å²) in [5, 5.41) is 4.55. The van der Waals surface area contributed by atoms with Crippen LogP contribution in [0.3, 0.4) is 0 Å². The van der Waals surface area contributed by atoms with Gasteiger partial charge in [-0.3, -0.25) is 25.9 Å². The molecule has 2 amide bonds. The molecule has 0 spiro atoms. The Morgan fingerprint density at radius 2 is 1.68 bits per heavy atom. The van der Waals surface area contributed by atoms with Gasteiger partial charge < -0.3 is 4.42 Å². The van der Waals surface area contributed by atoms with Crippen LogP contribution in [0, 0.1) is 6.92 Å². The minimum absolute atomic E-state index is 0.173. The number of hydrogen-bond donors (Lipinski definition) is 3. The van der Waals surface area contributed by atoms with E-state index in [0.29, 0.717) is 15.6 Å². The number of furan rings is 1. The van der Waals surface area contributed by atoms with E-state index in [1.165, 1.54) is 0 Å². The molecular weight excluding hydrogens is 460 g/mol. The lowest BCUT2D eigenvalue weighted by Crippen LogP contribution is -2.41. The lowest BCUT2D eigenvalue weighted by atomic mass is 9.93. The number of rotatable bonds is 4. The average molecular weight is 481 g/mol. The van der Waals surface area contributed by atoms with Gasteiger partial charge in [0.2, 0.25) is 0 Å². The second-order valence-electron chi connectivity index (χ2n) is 7.13. The first-order valence-corrected chi connectivity index (χ1v) is 10.7. The second kappa shape index (κ2) is 9.18. The highest BCUT2D eigenvalue weighted by Gasteiger charge is 2.28. The molecule has 3 N–H and O–H groups in total. The van der Waals surface area contributed by atoms with E-state index in [2.05, 4.69) is 37.3 Å². The molecule has 0 atom stereocenters. The number of hydrazine groups is 1. The summed E-state index contributed by atoms with van der Waals surface area (Å²) in [7, 11) is 0. The van der Waals surface area contributed by atoms with Crippen molar-refractivity contribution in [1.29, 1.82) is 0 Å². The van der Waals surface area contributed by atoms with Crippen LogP contribution >= 0.6 is 15.9 Å². The minimum atomic E-state index is -0.511. The number of amides is 2. The molecular formula is C23H21BrN4O3. The zero-order valence-corrected chi connectivity index (χ0v) is 18.5. The van der Waals surface area contributed by atoms with Crippen LogP contribution in [0.1, 0.15) is 50.6 Å². The van der Waals surface area contributed by atoms with Crippen LogP contribution in [0.5, 0.6) is 0 Å². The van der Waals surface area contributed by atoms with Crippen LogP contribution in [0.4, 0.5) is 5.69 Å². The molecule has 1 aliphatic carbocycles. The highest BCUT2D eigenvalue weighted by atomic mass is 79.9. The third kappa shape index (κ3) is 4.54. The Morgan fingerprint density at radius 1 is 0.968 bits per heavy atom. The van der Waals surface area contributed by atoms with E-state index in [0.717, 1.165) is 42.0 Å². The molecule has 4 rings (SSSR count). The largest absolute Gasteiger partial charge is 0.455 e. The van der Waals surface area contributed by atoms with Crippen molar-refractivity contribution in [1.82, 2.24) is 10.9 Å². The minimum Gasteiger partial charge on any atom is -0.455 e. The van der Waals surface area contributed by atoms with E-state index in [-0.39, 0.29) is 5.76 Å². The second-order valence-corrected chi connectivity index (χ2v) is 7.99. The number of halogens is 1. The molecule has 1 aromatic heterocycles. The highest BCUT2D eigenvalue weighted by molar-refractivity contribution is 9.10. The first kappa shape index (κ1) is 20.9. The van der Waals surface area contributed by atoms with Crippen molar-refractivity contribution in [3.8, 4) is 0 Å². The summed E-state index contributed by atoms with van der Waals surface area (Å²) < 4.78 is 6.50. The lowest BCUT2D eigenvalue weighted by molar-refractivity contribution is 0.0829. The van der Waals surface area contributed by atoms with Gasteiger partial charge in [0, 0.05) is 22.0 Å². The maximum absolute atomic E-state index is 12.7. The standard InChI is InChI=1S/C23H21BrN4O3/c1-14-20-18(26-25-15-8-3-2-4-9-15)12-7-13-19(20)31-21(14)23(30)28-27-22(29)16-10-5-6-11-17(16)24/h2-6,8-11,25H,7,12-13H2,1H3,(H,27,29)(H,28,30)/b26-18+. The molecule has 31 heavy (non-hydrogen) atoms. The van der Waals surface area contributed by atoms with Crippen LogP contribution in [-0.2, 0) is 6.42 Å². The monoisotopic (exact) mass is 480 g/mol. The number of anilines is 1. The van der Waals surface area contributed by atoms with E-state index in [9.17, 15) is 9.59 Å². The van der Waals surface area contributed by atoms with E-state index >= 15 is 0 Å². The molecule has 0 unspecified atom stereocenters. The highest BCUT2D eigenvalue weighted by Crippen LogP contribution is 2.30. The number of hydrogen-bond acceptors (Lipinski definition) is 5. The molecule has 158 valence electrons. The van der Waals surface area contributed by atoms with E-state index < -0.39 is 11.8 Å². The van der Waals surface area contributed by atoms with Crippen molar-refractivity contribution in [3.05, 3.63) is 87.3 Å². The number of aryl methyl sites for hydroxylation is 1. The topological polar surface area (TPSA) is 95.7 Å². The summed E-state index contributed by atoms with van der Waals surface area (Å²) in [6.07, 6.45) is 2.40. The van der Waals surface area contributed by atoms with Crippen molar-refractivity contribution in [2.45, 2.75) is 26.2 Å². The zero-order valence-electron chi connectivity index (χ0n) is 16.9. The number of nitrogens with one attached hydrogen (secondary N) is 3. The SMILES string of the molecule is Cc1c(C(=O)NNC(=O)c2ccccc2Br)oc2c1/C(=N/Nc1ccccc1)CCC2. The number of nitrogens with zero attached hydrogens (tertiary/aromatic N) is 1. The van der Waals surface area contributed by atoms with Gasteiger partial charge >= 0.3 is 5.91 Å². The van der Waals surface area contributed by atoms with Gasteiger partial charge in [0.25, 0.3) is 5.91 Å². The van der Waals surface area contributed by atoms with Crippen molar-refractivity contribution in [2.75, 3.05) is 5.43 Å². The molecule has 8 heteroatoms. The van der Waals surface area contributed by atoms with Crippen molar-refractivity contribution >= 4 is 39.1 Å². The Labute approximate surface area is 188 Å². The maximum Gasteiger partial charge on any atom is 0.305 e. The average Bonchev–Trinajstić information content (AvgIpc) is 3.14. The Morgan fingerprint density at radius 3 is 2.45 bits per heavy atom. The molecule has 0 radical (unpaired) electrons. The first-order valence-electron chi connectivity index (χ1n) is 9.90. The summed E-state index contributed by atoms with van der Waals surface area (Å²) >= 11 is 3.33. The fraction of sp³-hybridized carbons (Fsp3) is 0.174. The van der Waals surface area contributed by atoms with Gasteiger partial charge in [0.1, 0.15) is 5.76 Å². The molecule has 0 aliphatic heterocycles. The Balaban J connectivity index is 1.50. The van der Waals surface area contributed by atoms with Crippen LogP contribution in [-0.4, -0.2) is 17.5 Å². The summed E-state index contributed by atoms with van der Waals surface area (Å²) in [6, 6.07) is 16.6. The molecule has 0 fully saturated rings. The third-order valence-electron chi connectivity index (χ3n) is 5.03. The van der Waals surface area contributed by atoms with Crippen LogP contribution < -0.4 is 16.3 Å². The molecule has 0 saturated heterocycles. The summed E-state index contributed by atoms with van der Waals surface area (Å²) in [6.45, 7) is 1.83. The fourth-order valence-electron chi connectivity index (χ4n) is 3.52. The third-order valence-corrected chi connectivity index (χ3v) is 5.73. The number of benzene rings is 2. The molecule has 1 heterocycles. The van der Waals surface area contributed by atoms with Crippen molar-refractivity contribution in [2.24, 2.45) is 5.10 Å². The van der Waals surface area contributed by atoms with Crippen molar-refractivity contribution < 1.29 is 14.0 Å². The Kier molecular flexibility index (Phi) is 6.18. The smallest absolute Gasteiger partial charge is 0.305 e. The van der Waals surface area contributed by atoms with Crippen LogP contribution in [0.25, 0.3) is 0 Å². The lowest BCUT2D eigenvalue weighted by Gasteiger charge is -2.13. The normalized spacial score (nSPS) is 14.1. The quantitative estimate of drug-likeness (QED) is 0.476. The van der Waals surface area contributed by atoms with E-state index in [1.807, 2.05) is 43.3 Å². The zero-order chi connectivity index (χ0) is 21.8. The Hall–Kier alpha value is -3.39. The first-order chi connectivity index (χ1) is 15.0. The Bertz CT molecular complexity index is 1150. The molecule has 2 aromatic carbocycles. The van der Waals surface area contributed by atoms with Crippen LogP contribution in [0.15, 0.2) is 68.6 Å². The molecule has 7 nitrogen and oxygen atoms in total. The summed E-state index contributed by atoms with van der Waals surface area (Å²) in [4.78, 5) is 25.0. The molecule has 3 aromatic rings. The van der Waals surface area contributed by atoms with Gasteiger partial charge in [0.15, 0.2) is 5.76 Å². The molecule has 0 saturated carbocycles.